The van der Waals surface area contributed by atoms with E-state index >= 15 is 0 Å². The zero-order valence-electron chi connectivity index (χ0n) is 13.4. The molecule has 0 amide bonds. The average Bonchev–Trinajstić information content (AvgIpc) is 2.65. The molecule has 3 rings (SSSR count). The smallest absolute Gasteiger partial charge is 0.328 e. The minimum Gasteiger partial charge on any atom is -0.375 e. The van der Waals surface area contributed by atoms with Crippen LogP contribution in [-0.2, 0) is 6.54 Å². The van der Waals surface area contributed by atoms with Crippen molar-refractivity contribution in [2.24, 2.45) is 0 Å². The third kappa shape index (κ3) is 3.82. The van der Waals surface area contributed by atoms with Crippen molar-refractivity contribution in [3.63, 3.8) is 0 Å². The van der Waals surface area contributed by atoms with Crippen LogP contribution in [0.25, 0.3) is 11.1 Å². The molecule has 3 aromatic carbocycles. The van der Waals surface area contributed by atoms with Crippen molar-refractivity contribution < 1.29 is 13.7 Å². The van der Waals surface area contributed by atoms with Crippen LogP contribution in [0.3, 0.4) is 0 Å². The van der Waals surface area contributed by atoms with E-state index in [1.165, 1.54) is 22.6 Å². The Kier molecular flexibility index (Phi) is 5.46. The van der Waals surface area contributed by atoms with E-state index in [-0.39, 0.29) is 12.2 Å². The maximum atomic E-state index is 14.0. The lowest BCUT2D eigenvalue weighted by molar-refractivity contribution is -0.386. The molecule has 0 radical (unpaired) electrons. The zero-order chi connectivity index (χ0) is 18.7. The highest BCUT2D eigenvalue weighted by Crippen LogP contribution is 2.33. The number of anilines is 1. The lowest BCUT2D eigenvalue weighted by atomic mass is 10.0. The fourth-order valence-electron chi connectivity index (χ4n) is 2.54. The van der Waals surface area contributed by atoms with Gasteiger partial charge in [-0.2, -0.15) is 4.39 Å². The Morgan fingerprint density at radius 1 is 1.00 bits per heavy atom. The molecule has 0 heterocycles. The molecule has 0 saturated carbocycles. The largest absolute Gasteiger partial charge is 0.375 e. The number of nitrogens with zero attached hydrogens (tertiary/aromatic N) is 1. The first-order valence-corrected chi connectivity index (χ1v) is 8.75. The van der Waals surface area contributed by atoms with Crippen molar-refractivity contribution in [1.82, 2.24) is 0 Å². The first-order chi connectivity index (χ1) is 12.5. The Balaban J connectivity index is 1.80. The van der Waals surface area contributed by atoms with E-state index in [0.717, 1.165) is 22.8 Å². The van der Waals surface area contributed by atoms with Crippen LogP contribution in [0.4, 0.5) is 20.2 Å². The van der Waals surface area contributed by atoms with Crippen LogP contribution in [0.5, 0.6) is 0 Å². The number of halogens is 3. The number of nitro groups is 1. The van der Waals surface area contributed by atoms with Crippen LogP contribution >= 0.6 is 22.6 Å². The van der Waals surface area contributed by atoms with E-state index in [1.807, 2.05) is 54.6 Å². The fourth-order valence-corrected chi connectivity index (χ4v) is 2.95. The van der Waals surface area contributed by atoms with Crippen LogP contribution in [0.2, 0.25) is 0 Å². The van der Waals surface area contributed by atoms with Gasteiger partial charge in [-0.15, -0.1) is 0 Å². The zero-order valence-corrected chi connectivity index (χ0v) is 15.5. The van der Waals surface area contributed by atoms with Gasteiger partial charge in [0.05, 0.1) is 8.49 Å². The van der Waals surface area contributed by atoms with Crippen LogP contribution in [0, 0.1) is 25.3 Å². The third-order valence-electron chi connectivity index (χ3n) is 3.86. The molecule has 0 bridgehead atoms. The minimum absolute atomic E-state index is 0.183. The molecule has 132 valence electrons. The first kappa shape index (κ1) is 18.2. The minimum atomic E-state index is -1.17. The second-order valence-corrected chi connectivity index (χ2v) is 6.63. The molecule has 0 aliphatic carbocycles. The molecule has 7 heteroatoms. The highest BCUT2D eigenvalue weighted by molar-refractivity contribution is 14.1. The van der Waals surface area contributed by atoms with Gasteiger partial charge in [0.15, 0.2) is 0 Å². The fraction of sp³-hybridized carbons (Fsp3) is 0.0526. The molecule has 26 heavy (non-hydrogen) atoms. The maximum absolute atomic E-state index is 14.0. The monoisotopic (exact) mass is 466 g/mol. The molecule has 0 aliphatic rings. The number of nitrogens with one attached hydrogen (secondary N) is 1. The lowest BCUT2D eigenvalue weighted by Gasteiger charge is -2.10. The molecular weight excluding hydrogens is 453 g/mol. The van der Waals surface area contributed by atoms with Gasteiger partial charge in [-0.3, -0.25) is 10.1 Å². The van der Waals surface area contributed by atoms with Gasteiger partial charge in [0.1, 0.15) is 11.5 Å². The van der Waals surface area contributed by atoms with Crippen LogP contribution in [0.1, 0.15) is 5.56 Å². The normalized spacial score (nSPS) is 10.6. The summed E-state index contributed by atoms with van der Waals surface area (Å²) in [5.74, 6) is -2.01. The second kappa shape index (κ2) is 7.77. The summed E-state index contributed by atoms with van der Waals surface area (Å²) in [6, 6.07) is 18.3. The highest BCUT2D eigenvalue weighted by atomic mass is 127. The van der Waals surface area contributed by atoms with Crippen LogP contribution < -0.4 is 5.32 Å². The van der Waals surface area contributed by atoms with Gasteiger partial charge in [-0.05, 0) is 39.3 Å². The summed E-state index contributed by atoms with van der Waals surface area (Å²) in [7, 11) is 0. The van der Waals surface area contributed by atoms with E-state index in [2.05, 4.69) is 5.32 Å². The average molecular weight is 466 g/mol. The van der Waals surface area contributed by atoms with Crippen molar-refractivity contribution in [1.29, 1.82) is 0 Å². The van der Waals surface area contributed by atoms with Gasteiger partial charge in [-0.1, -0.05) is 54.6 Å². The Morgan fingerprint density at radius 3 is 2.23 bits per heavy atom. The van der Waals surface area contributed by atoms with Gasteiger partial charge < -0.3 is 5.32 Å². The Morgan fingerprint density at radius 2 is 1.62 bits per heavy atom. The van der Waals surface area contributed by atoms with Crippen molar-refractivity contribution in [2.75, 3.05) is 5.32 Å². The summed E-state index contributed by atoms with van der Waals surface area (Å²) >= 11 is 1.41. The number of hydrogen-bond acceptors (Lipinski definition) is 3. The number of hydrogen-bond donors (Lipinski definition) is 1. The van der Waals surface area contributed by atoms with Gasteiger partial charge in [0.25, 0.3) is 0 Å². The van der Waals surface area contributed by atoms with E-state index < -0.39 is 25.8 Å². The predicted octanol–water partition coefficient (Wildman–Crippen LogP) is 5.76. The summed E-state index contributed by atoms with van der Waals surface area (Å²) in [6.07, 6.45) is 0. The van der Waals surface area contributed by atoms with Gasteiger partial charge >= 0.3 is 5.69 Å². The first-order valence-electron chi connectivity index (χ1n) is 7.67. The molecular formula is C19H13F2IN2O2. The summed E-state index contributed by atoms with van der Waals surface area (Å²) < 4.78 is 27.4. The topological polar surface area (TPSA) is 55.2 Å². The second-order valence-electron chi connectivity index (χ2n) is 5.56. The molecule has 0 aliphatic heterocycles. The SMILES string of the molecule is O=[N+]([O-])c1c(NCc2ccc(-c3ccccc3)cc2)cc(F)c(I)c1F. The number of nitro benzene ring substituents is 1. The predicted molar refractivity (Wildman–Crippen MR) is 105 cm³/mol. The maximum Gasteiger partial charge on any atom is 0.328 e. The van der Waals surface area contributed by atoms with E-state index in [9.17, 15) is 18.9 Å². The molecule has 3 aromatic rings. The number of benzene rings is 3. The lowest BCUT2D eigenvalue weighted by Crippen LogP contribution is -2.06. The summed E-state index contributed by atoms with van der Waals surface area (Å²) in [5.41, 5.74) is 2.00. The summed E-state index contributed by atoms with van der Waals surface area (Å²) in [6.45, 7) is 0.204. The van der Waals surface area contributed by atoms with Crippen LogP contribution in [-0.4, -0.2) is 4.92 Å². The summed E-state index contributed by atoms with van der Waals surface area (Å²) in [5, 5.41) is 13.9. The standard InChI is InChI=1S/C19H13F2IN2O2/c20-15-10-16(19(24(25)26)17(21)18(15)22)23-11-12-6-8-14(9-7-12)13-4-2-1-3-5-13/h1-10,23H,11H2. The van der Waals surface area contributed by atoms with Crippen molar-refractivity contribution in [3.8, 4) is 11.1 Å². The molecule has 0 atom stereocenters. The van der Waals surface area contributed by atoms with Crippen molar-refractivity contribution in [3.05, 3.63) is 91.5 Å². The number of rotatable bonds is 5. The molecule has 0 unspecified atom stereocenters. The molecule has 0 aromatic heterocycles. The van der Waals surface area contributed by atoms with E-state index in [1.54, 1.807) is 0 Å². The third-order valence-corrected chi connectivity index (χ3v) is 4.85. The molecule has 0 saturated heterocycles. The van der Waals surface area contributed by atoms with E-state index in [4.69, 9.17) is 0 Å². The Hall–Kier alpha value is -2.55. The van der Waals surface area contributed by atoms with E-state index in [0.29, 0.717) is 0 Å². The van der Waals surface area contributed by atoms with Crippen molar-refractivity contribution in [2.45, 2.75) is 6.54 Å². The quantitative estimate of drug-likeness (QED) is 0.225. The Bertz CT molecular complexity index is 948. The van der Waals surface area contributed by atoms with Crippen LogP contribution in [0.15, 0.2) is 60.7 Å². The Labute approximate surface area is 162 Å². The molecule has 1 N–H and O–H groups in total. The molecule has 0 fully saturated rings. The van der Waals surface area contributed by atoms with Gasteiger partial charge in [0, 0.05) is 12.6 Å². The van der Waals surface area contributed by atoms with Gasteiger partial charge in [-0.25, -0.2) is 4.39 Å². The highest BCUT2D eigenvalue weighted by Gasteiger charge is 2.26. The summed E-state index contributed by atoms with van der Waals surface area (Å²) in [4.78, 5) is 10.3. The van der Waals surface area contributed by atoms with Gasteiger partial charge in [0.2, 0.25) is 5.82 Å². The van der Waals surface area contributed by atoms with Crippen molar-refractivity contribution >= 4 is 34.0 Å². The molecule has 0 spiro atoms. The molecule has 4 nitrogen and oxygen atoms in total.